The van der Waals surface area contributed by atoms with Gasteiger partial charge in [0, 0.05) is 10.7 Å². The summed E-state index contributed by atoms with van der Waals surface area (Å²) in [5.41, 5.74) is 5.28. The normalized spacial score (nSPS) is 15.5. The summed E-state index contributed by atoms with van der Waals surface area (Å²) in [6, 6.07) is 18.3. The van der Waals surface area contributed by atoms with Gasteiger partial charge in [-0.3, -0.25) is 14.5 Å². The van der Waals surface area contributed by atoms with Crippen molar-refractivity contribution in [1.29, 1.82) is 0 Å². The van der Waals surface area contributed by atoms with Crippen molar-refractivity contribution in [2.24, 2.45) is 0 Å². The number of carbonyl (C=O) groups is 1. The zero-order valence-corrected chi connectivity index (χ0v) is 19.7. The van der Waals surface area contributed by atoms with Crippen LogP contribution in [0.1, 0.15) is 64.2 Å². The third-order valence-corrected chi connectivity index (χ3v) is 6.73. The Labute approximate surface area is 197 Å². The molecule has 0 fully saturated rings. The fraction of sp³-hybridized carbons (Fsp3) is 0.214. The first-order chi connectivity index (χ1) is 15.8. The van der Waals surface area contributed by atoms with Crippen molar-refractivity contribution < 1.29 is 9.21 Å². The summed E-state index contributed by atoms with van der Waals surface area (Å²) >= 11 is 6.26. The van der Waals surface area contributed by atoms with Crippen LogP contribution in [0.25, 0.3) is 11.0 Å². The lowest BCUT2D eigenvalue weighted by atomic mass is 9.94. The van der Waals surface area contributed by atoms with Crippen molar-refractivity contribution >= 4 is 34.2 Å². The highest BCUT2D eigenvalue weighted by atomic mass is 35.5. The van der Waals surface area contributed by atoms with Crippen molar-refractivity contribution in [2.45, 2.75) is 39.7 Å². The van der Waals surface area contributed by atoms with Crippen molar-refractivity contribution in [2.75, 3.05) is 4.90 Å². The SMILES string of the molecule is Cc1cc2oc3c(c(=O)c2cc1C)C(c1ccc(C(C)C)cc1)N(c1cccc(Cl)c1)C3=O. The third-order valence-electron chi connectivity index (χ3n) is 6.49. The van der Waals surface area contributed by atoms with E-state index in [0.29, 0.717) is 33.2 Å². The number of aryl methyl sites for hydroxylation is 2. The van der Waals surface area contributed by atoms with E-state index in [1.165, 1.54) is 5.56 Å². The maximum atomic E-state index is 13.8. The molecule has 3 aromatic carbocycles. The van der Waals surface area contributed by atoms with Gasteiger partial charge in [-0.2, -0.15) is 0 Å². The smallest absolute Gasteiger partial charge is 0.295 e. The molecule has 5 rings (SSSR count). The van der Waals surface area contributed by atoms with Gasteiger partial charge in [-0.1, -0.05) is 55.8 Å². The maximum Gasteiger partial charge on any atom is 0.295 e. The third kappa shape index (κ3) is 3.46. The molecule has 1 aliphatic heterocycles. The van der Waals surface area contributed by atoms with E-state index in [9.17, 15) is 9.59 Å². The molecule has 0 saturated carbocycles. The fourth-order valence-corrected chi connectivity index (χ4v) is 4.68. The molecule has 0 N–H and O–H groups in total. The average Bonchev–Trinajstić information content (AvgIpc) is 3.08. The first-order valence-corrected chi connectivity index (χ1v) is 11.4. The lowest BCUT2D eigenvalue weighted by molar-refractivity contribution is 0.0971. The van der Waals surface area contributed by atoms with Crippen LogP contribution in [0, 0.1) is 13.8 Å². The van der Waals surface area contributed by atoms with Crippen LogP contribution in [0.15, 0.2) is 69.9 Å². The molecule has 4 nitrogen and oxygen atoms in total. The van der Waals surface area contributed by atoms with Crippen molar-refractivity contribution in [3.63, 3.8) is 0 Å². The van der Waals surface area contributed by atoms with Gasteiger partial charge in [-0.05, 0) is 72.4 Å². The van der Waals surface area contributed by atoms with E-state index in [1.54, 1.807) is 23.1 Å². The quantitative estimate of drug-likeness (QED) is 0.335. The molecule has 166 valence electrons. The van der Waals surface area contributed by atoms with Gasteiger partial charge in [-0.25, -0.2) is 0 Å². The molecule has 5 heteroatoms. The molecule has 1 aliphatic rings. The lowest BCUT2D eigenvalue weighted by Gasteiger charge is -2.25. The first-order valence-electron chi connectivity index (χ1n) is 11.0. The van der Waals surface area contributed by atoms with Crippen LogP contribution in [-0.4, -0.2) is 5.91 Å². The van der Waals surface area contributed by atoms with Crippen LogP contribution >= 0.6 is 11.6 Å². The molecule has 0 radical (unpaired) electrons. The molecule has 0 saturated heterocycles. The summed E-state index contributed by atoms with van der Waals surface area (Å²) in [7, 11) is 0. The minimum absolute atomic E-state index is 0.0914. The van der Waals surface area contributed by atoms with Crippen LogP contribution in [0.5, 0.6) is 0 Å². The number of fused-ring (bicyclic) bond motifs is 2. The zero-order chi connectivity index (χ0) is 23.4. The Kier molecular flexibility index (Phi) is 5.13. The van der Waals surface area contributed by atoms with Crippen LogP contribution in [-0.2, 0) is 0 Å². The number of benzene rings is 3. The second kappa shape index (κ2) is 7.89. The molecule has 4 aromatic rings. The minimum Gasteiger partial charge on any atom is -0.450 e. The Balaban J connectivity index is 1.80. The van der Waals surface area contributed by atoms with Crippen LogP contribution in [0.4, 0.5) is 5.69 Å². The molecule has 0 bridgehead atoms. The van der Waals surface area contributed by atoms with E-state index in [-0.39, 0.29) is 17.1 Å². The average molecular weight is 458 g/mol. The summed E-state index contributed by atoms with van der Waals surface area (Å²) in [5.74, 6) is 0.122. The van der Waals surface area contributed by atoms with Crippen molar-refractivity contribution in [1.82, 2.24) is 0 Å². The number of carbonyl (C=O) groups excluding carboxylic acids is 1. The highest BCUT2D eigenvalue weighted by Gasteiger charge is 2.43. The van der Waals surface area contributed by atoms with Gasteiger partial charge in [0.2, 0.25) is 5.76 Å². The fourth-order valence-electron chi connectivity index (χ4n) is 4.50. The van der Waals surface area contributed by atoms with Gasteiger partial charge >= 0.3 is 0 Å². The molecule has 1 amide bonds. The summed E-state index contributed by atoms with van der Waals surface area (Å²) in [4.78, 5) is 29.0. The Bertz CT molecular complexity index is 1470. The second-order valence-electron chi connectivity index (χ2n) is 8.99. The highest BCUT2D eigenvalue weighted by Crippen LogP contribution is 2.42. The van der Waals surface area contributed by atoms with Crippen molar-refractivity contribution in [3.05, 3.63) is 109 Å². The van der Waals surface area contributed by atoms with Gasteiger partial charge < -0.3 is 4.42 Å². The molecule has 0 spiro atoms. The van der Waals surface area contributed by atoms with Crippen LogP contribution in [0.3, 0.4) is 0 Å². The molecular formula is C28H24ClNO3. The number of hydrogen-bond donors (Lipinski definition) is 0. The van der Waals surface area contributed by atoms with E-state index in [1.807, 2.05) is 44.2 Å². The van der Waals surface area contributed by atoms with Gasteiger partial charge in [0.25, 0.3) is 5.91 Å². The summed E-state index contributed by atoms with van der Waals surface area (Å²) in [6.07, 6.45) is 0. The Morgan fingerprint density at radius 1 is 0.939 bits per heavy atom. The Morgan fingerprint density at radius 3 is 2.30 bits per heavy atom. The Morgan fingerprint density at radius 2 is 1.64 bits per heavy atom. The summed E-state index contributed by atoms with van der Waals surface area (Å²) in [5, 5.41) is 1.00. The molecule has 0 aliphatic carbocycles. The Hall–Kier alpha value is -3.37. The monoisotopic (exact) mass is 457 g/mol. The number of halogens is 1. The van der Waals surface area contributed by atoms with Gasteiger partial charge in [0.05, 0.1) is 17.0 Å². The van der Waals surface area contributed by atoms with Crippen LogP contribution < -0.4 is 10.3 Å². The highest BCUT2D eigenvalue weighted by molar-refractivity contribution is 6.31. The number of hydrogen-bond acceptors (Lipinski definition) is 3. The minimum atomic E-state index is -0.602. The molecule has 1 aromatic heterocycles. The predicted molar refractivity (Wildman–Crippen MR) is 133 cm³/mol. The predicted octanol–water partition coefficient (Wildman–Crippen LogP) is 6.94. The zero-order valence-electron chi connectivity index (χ0n) is 19.0. The van der Waals surface area contributed by atoms with Gasteiger partial charge in [0.1, 0.15) is 5.58 Å². The maximum absolute atomic E-state index is 13.8. The summed E-state index contributed by atoms with van der Waals surface area (Å²) < 4.78 is 6.10. The summed E-state index contributed by atoms with van der Waals surface area (Å²) in [6.45, 7) is 8.19. The second-order valence-corrected chi connectivity index (χ2v) is 9.42. The number of amides is 1. The first kappa shape index (κ1) is 21.5. The van der Waals surface area contributed by atoms with E-state index in [2.05, 4.69) is 26.0 Å². The van der Waals surface area contributed by atoms with Crippen molar-refractivity contribution in [3.8, 4) is 0 Å². The van der Waals surface area contributed by atoms with E-state index in [0.717, 1.165) is 16.7 Å². The molecule has 1 atom stereocenters. The van der Waals surface area contributed by atoms with E-state index < -0.39 is 6.04 Å². The molecule has 2 heterocycles. The van der Waals surface area contributed by atoms with Gasteiger partial charge in [0.15, 0.2) is 5.43 Å². The van der Waals surface area contributed by atoms with E-state index >= 15 is 0 Å². The topological polar surface area (TPSA) is 50.5 Å². The molecule has 1 unspecified atom stereocenters. The molecular weight excluding hydrogens is 434 g/mol. The van der Waals surface area contributed by atoms with E-state index in [4.69, 9.17) is 16.0 Å². The standard InChI is InChI=1S/C28H24ClNO3/c1-15(2)18-8-10-19(11-9-18)25-24-26(31)22-12-16(3)17(4)13-23(22)33-27(24)28(32)30(25)21-7-5-6-20(29)14-21/h5-15,25H,1-4H3. The van der Waals surface area contributed by atoms with Crippen LogP contribution in [0.2, 0.25) is 5.02 Å². The largest absolute Gasteiger partial charge is 0.450 e. The molecule has 33 heavy (non-hydrogen) atoms. The number of nitrogens with zero attached hydrogens (tertiary/aromatic N) is 1. The van der Waals surface area contributed by atoms with Gasteiger partial charge in [-0.15, -0.1) is 0 Å². The lowest BCUT2D eigenvalue weighted by Crippen LogP contribution is -2.29. The number of anilines is 1. The number of rotatable bonds is 3.